The number of benzene rings is 1. The predicted molar refractivity (Wildman–Crippen MR) is 125 cm³/mol. The third kappa shape index (κ3) is 5.68. The molecule has 8 nitrogen and oxygen atoms in total. The van der Waals surface area contributed by atoms with Crippen LogP contribution in [-0.4, -0.2) is 44.7 Å². The molecular weight excluding hydrogens is 459 g/mol. The van der Waals surface area contributed by atoms with Gasteiger partial charge in [0.2, 0.25) is 5.95 Å². The average Bonchev–Trinajstić information content (AvgIpc) is 3.42. The van der Waals surface area contributed by atoms with Crippen molar-refractivity contribution in [3.05, 3.63) is 63.8 Å². The van der Waals surface area contributed by atoms with Crippen molar-refractivity contribution in [1.29, 1.82) is 0 Å². The molecule has 0 spiro atoms. The molecule has 0 radical (unpaired) electrons. The third-order valence-corrected chi connectivity index (χ3v) is 5.44. The number of nitrogens with zero attached hydrogens (tertiary/aromatic N) is 4. The summed E-state index contributed by atoms with van der Waals surface area (Å²) in [6.45, 7) is 3.59. The molecule has 164 valence electrons. The number of carbonyl (C=O) groups excluding carboxylic acids is 1. The van der Waals surface area contributed by atoms with Gasteiger partial charge in [-0.3, -0.25) is 9.36 Å². The molecule has 11 heteroatoms. The van der Waals surface area contributed by atoms with Crippen LogP contribution in [0, 0.1) is 6.92 Å². The zero-order valence-corrected chi connectivity index (χ0v) is 19.2. The van der Waals surface area contributed by atoms with E-state index in [1.807, 2.05) is 6.92 Å². The zero-order chi connectivity index (χ0) is 21.1. The van der Waals surface area contributed by atoms with Crippen LogP contribution in [-0.2, 0) is 11.3 Å². The number of nitrogens with one attached hydrogen (secondary N) is 2. The van der Waals surface area contributed by atoms with Crippen LogP contribution in [0.25, 0.3) is 5.82 Å². The van der Waals surface area contributed by atoms with Gasteiger partial charge in [-0.25, -0.2) is 9.97 Å². The maximum absolute atomic E-state index is 12.5. The summed E-state index contributed by atoms with van der Waals surface area (Å²) in [7, 11) is 0. The van der Waals surface area contributed by atoms with Gasteiger partial charge < -0.3 is 15.4 Å². The Labute approximate surface area is 196 Å². The minimum absolute atomic E-state index is 0. The SMILES string of the molecule is Cc1cnc(NC2CCOC2)nc1-n1cnc(C(=O)NCc2ccc(Cl)c(Cl)c2)c1.S. The van der Waals surface area contributed by atoms with Crippen LogP contribution in [0.1, 0.15) is 28.0 Å². The smallest absolute Gasteiger partial charge is 0.271 e. The molecule has 1 aliphatic heterocycles. The number of ether oxygens (including phenoxy) is 1. The van der Waals surface area contributed by atoms with Gasteiger partial charge in [-0.1, -0.05) is 29.3 Å². The molecule has 1 aliphatic rings. The Morgan fingerprint density at radius 3 is 2.87 bits per heavy atom. The van der Waals surface area contributed by atoms with E-state index >= 15 is 0 Å². The summed E-state index contributed by atoms with van der Waals surface area (Å²) >= 11 is 11.9. The Balaban J connectivity index is 0.00000272. The zero-order valence-electron chi connectivity index (χ0n) is 16.7. The highest BCUT2D eigenvalue weighted by atomic mass is 35.5. The summed E-state index contributed by atoms with van der Waals surface area (Å²) in [6.07, 6.45) is 5.86. The summed E-state index contributed by atoms with van der Waals surface area (Å²) < 4.78 is 7.08. The van der Waals surface area contributed by atoms with E-state index in [4.69, 9.17) is 27.9 Å². The van der Waals surface area contributed by atoms with Crippen LogP contribution >= 0.6 is 36.7 Å². The summed E-state index contributed by atoms with van der Waals surface area (Å²) in [6, 6.07) is 5.42. The Kier molecular flexibility index (Phi) is 7.77. The van der Waals surface area contributed by atoms with Gasteiger partial charge in [-0.15, -0.1) is 0 Å². The minimum Gasteiger partial charge on any atom is -0.379 e. The number of anilines is 1. The van der Waals surface area contributed by atoms with Crippen molar-refractivity contribution < 1.29 is 9.53 Å². The first-order valence-corrected chi connectivity index (χ1v) is 10.2. The topological polar surface area (TPSA) is 94.0 Å². The van der Waals surface area contributed by atoms with E-state index in [1.165, 1.54) is 0 Å². The van der Waals surface area contributed by atoms with Crippen LogP contribution in [0.2, 0.25) is 10.0 Å². The first-order valence-electron chi connectivity index (χ1n) is 9.44. The van der Waals surface area contributed by atoms with Gasteiger partial charge in [0.25, 0.3) is 5.91 Å². The number of aryl methyl sites for hydroxylation is 1. The number of aromatic nitrogens is 4. The molecule has 0 saturated carbocycles. The van der Waals surface area contributed by atoms with Gasteiger partial charge in [0.05, 0.1) is 22.7 Å². The van der Waals surface area contributed by atoms with Crippen LogP contribution in [0.5, 0.6) is 0 Å². The van der Waals surface area contributed by atoms with Crippen molar-refractivity contribution in [3.63, 3.8) is 0 Å². The van der Waals surface area contributed by atoms with E-state index in [1.54, 1.807) is 41.5 Å². The molecule has 2 N–H and O–H groups in total. The van der Waals surface area contributed by atoms with Gasteiger partial charge in [-0.2, -0.15) is 18.5 Å². The van der Waals surface area contributed by atoms with Crippen molar-refractivity contribution >= 4 is 48.6 Å². The molecule has 1 fully saturated rings. The fourth-order valence-corrected chi connectivity index (χ4v) is 3.39. The number of halogens is 2. The molecule has 1 unspecified atom stereocenters. The van der Waals surface area contributed by atoms with E-state index in [9.17, 15) is 4.79 Å². The molecule has 2 aromatic heterocycles. The molecule has 1 amide bonds. The van der Waals surface area contributed by atoms with Crippen molar-refractivity contribution in [2.24, 2.45) is 0 Å². The van der Waals surface area contributed by atoms with Gasteiger partial charge in [0, 0.05) is 31.1 Å². The van der Waals surface area contributed by atoms with Gasteiger partial charge in [-0.05, 0) is 31.0 Å². The molecule has 1 atom stereocenters. The fourth-order valence-electron chi connectivity index (χ4n) is 3.07. The highest BCUT2D eigenvalue weighted by Gasteiger charge is 2.17. The maximum atomic E-state index is 12.5. The number of imidazole rings is 1. The first kappa shape index (κ1) is 23.3. The van der Waals surface area contributed by atoms with Crippen LogP contribution in [0.4, 0.5) is 5.95 Å². The first-order chi connectivity index (χ1) is 14.5. The van der Waals surface area contributed by atoms with E-state index in [0.29, 0.717) is 35.0 Å². The molecule has 1 saturated heterocycles. The second kappa shape index (κ2) is 10.3. The van der Waals surface area contributed by atoms with Crippen molar-refractivity contribution in [1.82, 2.24) is 24.8 Å². The van der Waals surface area contributed by atoms with Gasteiger partial charge in [0.15, 0.2) is 0 Å². The number of carbonyl (C=O) groups is 1. The molecular formula is C20H22Cl2N6O2S. The van der Waals surface area contributed by atoms with Gasteiger partial charge >= 0.3 is 0 Å². The average molecular weight is 481 g/mol. The number of hydrogen-bond donors (Lipinski definition) is 2. The molecule has 3 heterocycles. The lowest BCUT2D eigenvalue weighted by molar-refractivity contribution is 0.0946. The lowest BCUT2D eigenvalue weighted by Gasteiger charge is -2.12. The van der Waals surface area contributed by atoms with E-state index in [0.717, 1.165) is 24.2 Å². The summed E-state index contributed by atoms with van der Waals surface area (Å²) in [5, 5.41) is 7.02. The number of hydrogen-bond acceptors (Lipinski definition) is 6. The molecule has 3 aromatic rings. The molecule has 0 aliphatic carbocycles. The standard InChI is InChI=1S/C20H20Cl2N6O2.H2S/c1-12-7-24-20(26-14-4-5-30-10-14)27-18(12)28-9-17(25-11-28)19(29)23-8-13-2-3-15(21)16(22)6-13;/h2-3,6-7,9,11,14H,4-5,8,10H2,1H3,(H,23,29)(H,24,26,27);1H2. The largest absolute Gasteiger partial charge is 0.379 e. The van der Waals surface area contributed by atoms with Crippen molar-refractivity contribution in [2.75, 3.05) is 18.5 Å². The Morgan fingerprint density at radius 1 is 1.29 bits per heavy atom. The predicted octanol–water partition coefficient (Wildman–Crippen LogP) is 3.52. The molecule has 31 heavy (non-hydrogen) atoms. The quantitative estimate of drug-likeness (QED) is 0.560. The van der Waals surface area contributed by atoms with Crippen LogP contribution < -0.4 is 10.6 Å². The summed E-state index contributed by atoms with van der Waals surface area (Å²) in [4.78, 5) is 25.6. The lowest BCUT2D eigenvalue weighted by Crippen LogP contribution is -2.23. The van der Waals surface area contributed by atoms with Gasteiger partial charge in [0.1, 0.15) is 17.8 Å². The molecule has 4 rings (SSSR count). The fraction of sp³-hybridized carbons (Fsp3) is 0.300. The maximum Gasteiger partial charge on any atom is 0.271 e. The normalized spacial score (nSPS) is 15.4. The molecule has 1 aromatic carbocycles. The van der Waals surface area contributed by atoms with E-state index < -0.39 is 0 Å². The summed E-state index contributed by atoms with van der Waals surface area (Å²) in [5.41, 5.74) is 1.99. The molecule has 0 bridgehead atoms. The lowest BCUT2D eigenvalue weighted by atomic mass is 10.2. The Morgan fingerprint density at radius 2 is 2.13 bits per heavy atom. The monoisotopic (exact) mass is 480 g/mol. The van der Waals surface area contributed by atoms with Crippen molar-refractivity contribution in [3.8, 4) is 5.82 Å². The van der Waals surface area contributed by atoms with Crippen LogP contribution in [0.3, 0.4) is 0 Å². The van der Waals surface area contributed by atoms with E-state index in [-0.39, 0.29) is 31.1 Å². The highest BCUT2D eigenvalue weighted by molar-refractivity contribution is 7.59. The second-order valence-electron chi connectivity index (χ2n) is 7.00. The van der Waals surface area contributed by atoms with Crippen LogP contribution in [0.15, 0.2) is 36.9 Å². The Bertz CT molecular complexity index is 1070. The summed E-state index contributed by atoms with van der Waals surface area (Å²) in [5.74, 6) is 0.876. The minimum atomic E-state index is -0.298. The number of rotatable bonds is 6. The second-order valence-corrected chi connectivity index (χ2v) is 7.82. The van der Waals surface area contributed by atoms with Crippen molar-refractivity contribution in [2.45, 2.75) is 25.9 Å². The highest BCUT2D eigenvalue weighted by Crippen LogP contribution is 2.22. The third-order valence-electron chi connectivity index (χ3n) is 4.70. The number of amides is 1. The Hall–Kier alpha value is -2.33. The van der Waals surface area contributed by atoms with E-state index in [2.05, 4.69) is 25.6 Å².